The van der Waals surface area contributed by atoms with Crippen molar-refractivity contribution in [2.45, 2.75) is 24.4 Å². The third-order valence-electron chi connectivity index (χ3n) is 5.99. The number of methoxy groups -OCH3 is 2. The number of carbonyl (C=O) groups is 2. The van der Waals surface area contributed by atoms with Crippen LogP contribution in [0.15, 0.2) is 76.1 Å². The average molecular weight is 623 g/mol. The lowest BCUT2D eigenvalue weighted by Gasteiger charge is -2.31. The van der Waals surface area contributed by atoms with E-state index in [0.717, 1.165) is 26.5 Å². The molecule has 12 heteroatoms. The number of hydrogen-bond donors (Lipinski definition) is 1. The van der Waals surface area contributed by atoms with E-state index in [-0.39, 0.29) is 22.9 Å². The molecule has 1 N–H and O–H groups in total. The zero-order chi connectivity index (χ0) is 28.7. The second-order valence-corrected chi connectivity index (χ2v) is 11.2. The first-order chi connectivity index (χ1) is 18.5. The van der Waals surface area contributed by atoms with Gasteiger partial charge in [0, 0.05) is 24.1 Å². The van der Waals surface area contributed by atoms with Crippen LogP contribution in [0.1, 0.15) is 12.5 Å². The Hall–Kier alpha value is -3.64. The van der Waals surface area contributed by atoms with Crippen molar-refractivity contribution < 1.29 is 31.9 Å². The maximum atomic E-state index is 13.9. The number of amides is 2. The molecule has 3 rings (SSSR count). The Morgan fingerprint density at radius 3 is 2.26 bits per heavy atom. The molecule has 0 unspecified atom stereocenters. The fraction of sp³-hybridized carbons (Fsp3) is 0.259. The van der Waals surface area contributed by atoms with Gasteiger partial charge >= 0.3 is 0 Å². The van der Waals surface area contributed by atoms with Gasteiger partial charge in [-0.2, -0.15) is 0 Å². The molecular formula is C27H29BrFN3O6S. The Labute approximate surface area is 235 Å². The van der Waals surface area contributed by atoms with Crippen LogP contribution < -0.4 is 19.1 Å². The zero-order valence-electron chi connectivity index (χ0n) is 21.9. The van der Waals surface area contributed by atoms with E-state index < -0.39 is 40.2 Å². The summed E-state index contributed by atoms with van der Waals surface area (Å²) in [6.07, 6.45) is 0. The minimum absolute atomic E-state index is 0.0422. The molecule has 2 amide bonds. The minimum Gasteiger partial charge on any atom is -0.493 e. The third-order valence-corrected chi connectivity index (χ3v) is 8.26. The van der Waals surface area contributed by atoms with Gasteiger partial charge in [-0.3, -0.25) is 13.9 Å². The highest BCUT2D eigenvalue weighted by Crippen LogP contribution is 2.32. The quantitative estimate of drug-likeness (QED) is 0.347. The first-order valence-electron chi connectivity index (χ1n) is 11.8. The van der Waals surface area contributed by atoms with Gasteiger partial charge in [-0.05, 0) is 61.0 Å². The van der Waals surface area contributed by atoms with E-state index in [4.69, 9.17) is 9.47 Å². The minimum atomic E-state index is -4.36. The molecule has 0 fully saturated rings. The van der Waals surface area contributed by atoms with Crippen LogP contribution in [-0.4, -0.2) is 59.0 Å². The molecule has 208 valence electrons. The van der Waals surface area contributed by atoms with Crippen molar-refractivity contribution in [1.82, 2.24) is 10.2 Å². The summed E-state index contributed by atoms with van der Waals surface area (Å²) in [5, 5.41) is 2.53. The molecule has 3 aromatic rings. The summed E-state index contributed by atoms with van der Waals surface area (Å²) >= 11 is 3.40. The highest BCUT2D eigenvalue weighted by Gasteiger charge is 2.33. The Morgan fingerprint density at radius 1 is 1.00 bits per heavy atom. The van der Waals surface area contributed by atoms with Crippen molar-refractivity contribution in [3.05, 3.63) is 82.6 Å². The lowest BCUT2D eigenvalue weighted by Crippen LogP contribution is -2.50. The number of benzene rings is 3. The first kappa shape index (κ1) is 29.9. The van der Waals surface area contributed by atoms with Gasteiger partial charge in [-0.25, -0.2) is 12.8 Å². The zero-order valence-corrected chi connectivity index (χ0v) is 24.3. The Balaban J connectivity index is 2.07. The molecule has 39 heavy (non-hydrogen) atoms. The van der Waals surface area contributed by atoms with Crippen molar-refractivity contribution in [1.29, 1.82) is 0 Å². The van der Waals surface area contributed by atoms with E-state index in [1.807, 2.05) is 6.07 Å². The van der Waals surface area contributed by atoms with E-state index in [1.165, 1.54) is 56.5 Å². The molecule has 0 aliphatic heterocycles. The fourth-order valence-corrected chi connectivity index (χ4v) is 5.74. The van der Waals surface area contributed by atoms with Gasteiger partial charge in [0.2, 0.25) is 11.8 Å². The Kier molecular flexibility index (Phi) is 9.92. The van der Waals surface area contributed by atoms with Gasteiger partial charge < -0.3 is 19.7 Å². The molecule has 1 atom stereocenters. The smallest absolute Gasteiger partial charge is 0.264 e. The van der Waals surface area contributed by atoms with Gasteiger partial charge in [-0.15, -0.1) is 0 Å². The van der Waals surface area contributed by atoms with Gasteiger partial charge in [0.05, 0.1) is 24.8 Å². The number of nitrogens with one attached hydrogen (secondary N) is 1. The topological polar surface area (TPSA) is 105 Å². The van der Waals surface area contributed by atoms with E-state index in [0.29, 0.717) is 5.75 Å². The van der Waals surface area contributed by atoms with Crippen LogP contribution in [-0.2, 0) is 26.2 Å². The summed E-state index contributed by atoms with van der Waals surface area (Å²) in [6.45, 7) is 0.942. The summed E-state index contributed by atoms with van der Waals surface area (Å²) in [7, 11) is -0.123. The summed E-state index contributed by atoms with van der Waals surface area (Å²) in [5.74, 6) is -1.14. The largest absolute Gasteiger partial charge is 0.493 e. The van der Waals surface area contributed by atoms with Crippen LogP contribution in [0.5, 0.6) is 11.5 Å². The standard InChI is InChI=1S/C27H29BrFN3O6S/c1-18(27(34)30-2)31(16-19-6-5-7-20(28)14-19)26(33)17-32(22-10-8-21(29)9-11-22)39(35,36)23-12-13-24(37-3)25(15-23)38-4/h5-15,18H,16-17H2,1-4H3,(H,30,34)/t18-/m1/s1. The normalized spacial score (nSPS) is 11.8. The number of anilines is 1. The molecule has 3 aromatic carbocycles. The predicted molar refractivity (Wildman–Crippen MR) is 149 cm³/mol. The van der Waals surface area contributed by atoms with Crippen LogP contribution in [0, 0.1) is 5.82 Å². The Morgan fingerprint density at radius 2 is 1.67 bits per heavy atom. The maximum Gasteiger partial charge on any atom is 0.264 e. The number of ether oxygens (including phenoxy) is 2. The fourth-order valence-electron chi connectivity index (χ4n) is 3.86. The van der Waals surface area contributed by atoms with Crippen molar-refractivity contribution >= 4 is 43.5 Å². The van der Waals surface area contributed by atoms with Crippen molar-refractivity contribution in [2.75, 3.05) is 32.1 Å². The second-order valence-electron chi connectivity index (χ2n) is 8.45. The molecule has 9 nitrogen and oxygen atoms in total. The lowest BCUT2D eigenvalue weighted by molar-refractivity contribution is -0.139. The highest BCUT2D eigenvalue weighted by atomic mass is 79.9. The average Bonchev–Trinajstić information content (AvgIpc) is 2.93. The molecule has 0 aliphatic rings. The SMILES string of the molecule is CNC(=O)[C@@H](C)N(Cc1cccc(Br)c1)C(=O)CN(c1ccc(F)cc1)S(=O)(=O)c1ccc(OC)c(OC)c1. The van der Waals surface area contributed by atoms with Gasteiger partial charge in [-0.1, -0.05) is 28.1 Å². The maximum absolute atomic E-state index is 13.9. The molecule has 0 heterocycles. The van der Waals surface area contributed by atoms with E-state index in [1.54, 1.807) is 25.1 Å². The lowest BCUT2D eigenvalue weighted by atomic mass is 10.1. The molecule has 0 bridgehead atoms. The van der Waals surface area contributed by atoms with Gasteiger partial charge in [0.1, 0.15) is 18.4 Å². The van der Waals surface area contributed by atoms with Crippen molar-refractivity contribution in [3.8, 4) is 11.5 Å². The van der Waals surface area contributed by atoms with E-state index in [9.17, 15) is 22.4 Å². The number of likely N-dealkylation sites (N-methyl/N-ethyl adjacent to an activating group) is 1. The molecule has 0 aromatic heterocycles. The number of halogens is 2. The second kappa shape index (κ2) is 12.9. The highest BCUT2D eigenvalue weighted by molar-refractivity contribution is 9.10. The number of rotatable bonds is 11. The molecule has 0 aliphatic carbocycles. The van der Waals surface area contributed by atoms with E-state index in [2.05, 4.69) is 21.2 Å². The first-order valence-corrected chi connectivity index (χ1v) is 14.0. The van der Waals surface area contributed by atoms with E-state index >= 15 is 0 Å². The monoisotopic (exact) mass is 621 g/mol. The van der Waals surface area contributed by atoms with Gasteiger partial charge in [0.25, 0.3) is 10.0 Å². The van der Waals surface area contributed by atoms with Crippen LogP contribution in [0.3, 0.4) is 0 Å². The molecular weight excluding hydrogens is 593 g/mol. The summed E-state index contributed by atoms with van der Waals surface area (Å²) in [6, 6.07) is 15.1. The van der Waals surface area contributed by atoms with Crippen molar-refractivity contribution in [2.24, 2.45) is 0 Å². The molecule has 0 saturated carbocycles. The molecule has 0 radical (unpaired) electrons. The van der Waals surface area contributed by atoms with Gasteiger partial charge in [0.15, 0.2) is 11.5 Å². The summed E-state index contributed by atoms with van der Waals surface area (Å²) in [5.41, 5.74) is 0.791. The predicted octanol–water partition coefficient (Wildman–Crippen LogP) is 3.96. The van der Waals surface area contributed by atoms with Crippen LogP contribution in [0.4, 0.5) is 10.1 Å². The Bertz CT molecular complexity index is 1440. The summed E-state index contributed by atoms with van der Waals surface area (Å²) in [4.78, 5) is 27.4. The van der Waals surface area contributed by atoms with Crippen LogP contribution in [0.2, 0.25) is 0 Å². The third kappa shape index (κ3) is 7.07. The number of carbonyl (C=O) groups excluding carboxylic acids is 2. The number of hydrogen-bond acceptors (Lipinski definition) is 6. The summed E-state index contributed by atoms with van der Waals surface area (Å²) < 4.78 is 53.6. The van der Waals surface area contributed by atoms with Crippen LogP contribution in [0.25, 0.3) is 0 Å². The molecule has 0 saturated heterocycles. The number of sulfonamides is 1. The van der Waals surface area contributed by atoms with Crippen LogP contribution >= 0.6 is 15.9 Å². The number of nitrogens with zero attached hydrogens (tertiary/aromatic N) is 2. The van der Waals surface area contributed by atoms with Crippen molar-refractivity contribution in [3.63, 3.8) is 0 Å². The molecule has 0 spiro atoms.